The fraction of sp³-hybridized carbons (Fsp3) is 0.900. The Morgan fingerprint density at radius 3 is 2.93 bits per heavy atom. The number of aliphatic hydroxyl groups excluding tert-OH is 1. The number of carbonyl (C=O) groups excluding carboxylic acids is 1. The lowest BCUT2D eigenvalue weighted by Crippen LogP contribution is -2.42. The number of nitrogens with one attached hydrogen (secondary N) is 1. The van der Waals surface area contributed by atoms with Crippen molar-refractivity contribution >= 4 is 21.8 Å². The number of halogens is 1. The smallest absolute Gasteiger partial charge is 0.233 e. The highest BCUT2D eigenvalue weighted by Gasteiger charge is 2.23. The van der Waals surface area contributed by atoms with Crippen molar-refractivity contribution in [1.82, 2.24) is 5.32 Å². The summed E-state index contributed by atoms with van der Waals surface area (Å²) < 4.78 is 0. The van der Waals surface area contributed by atoms with E-state index in [0.29, 0.717) is 6.42 Å². The molecule has 14 heavy (non-hydrogen) atoms. The van der Waals surface area contributed by atoms with E-state index < -0.39 is 0 Å². The molecule has 82 valence electrons. The minimum atomic E-state index is -0.232. The summed E-state index contributed by atoms with van der Waals surface area (Å²) in [6.07, 6.45) is 4.13. The lowest BCUT2D eigenvalue weighted by molar-refractivity contribution is -0.121. The zero-order valence-electron chi connectivity index (χ0n) is 8.50. The first-order chi connectivity index (χ1) is 6.63. The van der Waals surface area contributed by atoms with E-state index >= 15 is 0 Å². The highest BCUT2D eigenvalue weighted by molar-refractivity contribution is 9.10. The van der Waals surface area contributed by atoms with Crippen LogP contribution in [0.5, 0.6) is 0 Å². The number of aliphatic hydroxyl groups is 1. The molecule has 1 fully saturated rings. The second kappa shape index (κ2) is 5.71. The number of rotatable bonds is 3. The molecule has 0 saturated heterocycles. The van der Waals surface area contributed by atoms with E-state index in [1.165, 1.54) is 0 Å². The van der Waals surface area contributed by atoms with Crippen molar-refractivity contribution in [3.05, 3.63) is 0 Å². The zero-order valence-corrected chi connectivity index (χ0v) is 10.1. The largest absolute Gasteiger partial charge is 0.393 e. The normalized spacial score (nSPS) is 29.6. The lowest BCUT2D eigenvalue weighted by atomic mass is 9.93. The molecule has 1 aliphatic carbocycles. The van der Waals surface area contributed by atoms with Crippen molar-refractivity contribution in [1.29, 1.82) is 0 Å². The number of hydrogen-bond acceptors (Lipinski definition) is 2. The second-order valence-electron chi connectivity index (χ2n) is 3.90. The molecule has 3 unspecified atom stereocenters. The number of hydrogen-bond donors (Lipinski definition) is 2. The van der Waals surface area contributed by atoms with Crippen LogP contribution >= 0.6 is 15.9 Å². The van der Waals surface area contributed by atoms with Gasteiger partial charge in [-0.25, -0.2) is 0 Å². The second-order valence-corrected chi connectivity index (χ2v) is 5.01. The summed E-state index contributed by atoms with van der Waals surface area (Å²) in [6, 6.07) is 0.165. The summed E-state index contributed by atoms with van der Waals surface area (Å²) >= 11 is 3.31. The van der Waals surface area contributed by atoms with Crippen molar-refractivity contribution in [3.8, 4) is 0 Å². The fourth-order valence-electron chi connectivity index (χ4n) is 1.77. The first-order valence-electron chi connectivity index (χ1n) is 5.26. The first-order valence-corrected chi connectivity index (χ1v) is 6.17. The van der Waals surface area contributed by atoms with Gasteiger partial charge in [0.25, 0.3) is 0 Å². The molecule has 0 radical (unpaired) electrons. The van der Waals surface area contributed by atoms with Crippen molar-refractivity contribution in [3.63, 3.8) is 0 Å². The van der Waals surface area contributed by atoms with Gasteiger partial charge in [-0.1, -0.05) is 22.9 Å². The molecule has 3 nitrogen and oxygen atoms in total. The number of carbonyl (C=O) groups is 1. The van der Waals surface area contributed by atoms with E-state index in [4.69, 9.17) is 0 Å². The van der Waals surface area contributed by atoms with Crippen LogP contribution in [0.3, 0.4) is 0 Å². The Balaban J connectivity index is 2.32. The minimum absolute atomic E-state index is 0.0478. The van der Waals surface area contributed by atoms with Crippen molar-refractivity contribution in [2.75, 3.05) is 0 Å². The van der Waals surface area contributed by atoms with Crippen LogP contribution in [0.2, 0.25) is 0 Å². The summed E-state index contributed by atoms with van der Waals surface area (Å²) in [6.45, 7) is 1.97. The predicted molar refractivity (Wildman–Crippen MR) is 59.4 cm³/mol. The molecule has 4 heteroatoms. The monoisotopic (exact) mass is 263 g/mol. The molecule has 1 rings (SSSR count). The van der Waals surface area contributed by atoms with E-state index in [9.17, 15) is 9.90 Å². The van der Waals surface area contributed by atoms with Crippen molar-refractivity contribution in [2.45, 2.75) is 56.0 Å². The quantitative estimate of drug-likeness (QED) is 0.760. The lowest BCUT2D eigenvalue weighted by Gasteiger charge is -2.27. The van der Waals surface area contributed by atoms with Gasteiger partial charge in [0.1, 0.15) is 0 Å². The van der Waals surface area contributed by atoms with Crippen LogP contribution in [0.1, 0.15) is 39.0 Å². The summed E-state index contributed by atoms with van der Waals surface area (Å²) in [5, 5.41) is 12.4. The van der Waals surface area contributed by atoms with Crippen LogP contribution < -0.4 is 5.32 Å². The van der Waals surface area contributed by atoms with E-state index in [2.05, 4.69) is 21.2 Å². The predicted octanol–water partition coefficient (Wildman–Crippen LogP) is 1.58. The summed E-state index contributed by atoms with van der Waals surface area (Å²) in [5.41, 5.74) is 0. The molecule has 1 saturated carbocycles. The minimum Gasteiger partial charge on any atom is -0.393 e. The van der Waals surface area contributed by atoms with Gasteiger partial charge in [0.2, 0.25) is 5.91 Å². The van der Waals surface area contributed by atoms with Gasteiger partial charge in [-0.15, -0.1) is 0 Å². The molecular formula is C10H18BrNO2. The van der Waals surface area contributed by atoms with Crippen LogP contribution in [0.25, 0.3) is 0 Å². The van der Waals surface area contributed by atoms with E-state index in [1.54, 1.807) is 0 Å². The molecule has 1 amide bonds. The highest BCUT2D eigenvalue weighted by atomic mass is 79.9. The van der Waals surface area contributed by atoms with Crippen LogP contribution in [0.15, 0.2) is 0 Å². The SMILES string of the molecule is CCC(Br)C(=O)NC1CCCC(O)C1. The fourth-order valence-corrected chi connectivity index (χ4v) is 1.90. The highest BCUT2D eigenvalue weighted by Crippen LogP contribution is 2.18. The average Bonchev–Trinajstić information content (AvgIpc) is 2.16. The van der Waals surface area contributed by atoms with Gasteiger partial charge in [0.15, 0.2) is 0 Å². The molecule has 1 aliphatic rings. The number of alkyl halides is 1. The third-order valence-electron chi connectivity index (χ3n) is 2.64. The van der Waals surface area contributed by atoms with E-state index in [-0.39, 0.29) is 22.9 Å². The molecular weight excluding hydrogens is 246 g/mol. The van der Waals surface area contributed by atoms with Gasteiger partial charge in [-0.05, 0) is 32.1 Å². The van der Waals surface area contributed by atoms with Crippen LogP contribution in [0.4, 0.5) is 0 Å². The van der Waals surface area contributed by atoms with Crippen LogP contribution in [0, 0.1) is 0 Å². The maximum absolute atomic E-state index is 11.5. The van der Waals surface area contributed by atoms with Gasteiger partial charge in [-0.3, -0.25) is 4.79 Å². The molecule has 0 aromatic carbocycles. The van der Waals surface area contributed by atoms with Crippen molar-refractivity contribution < 1.29 is 9.90 Å². The topological polar surface area (TPSA) is 49.3 Å². The first kappa shape index (κ1) is 12.0. The molecule has 0 aliphatic heterocycles. The summed E-state index contributed by atoms with van der Waals surface area (Å²) in [4.78, 5) is 11.4. The molecule has 0 aromatic rings. The number of amides is 1. The van der Waals surface area contributed by atoms with E-state index in [1.807, 2.05) is 6.92 Å². The van der Waals surface area contributed by atoms with Gasteiger partial charge in [0.05, 0.1) is 10.9 Å². The van der Waals surface area contributed by atoms with Gasteiger partial charge < -0.3 is 10.4 Å². The molecule has 0 bridgehead atoms. The van der Waals surface area contributed by atoms with Crippen molar-refractivity contribution in [2.24, 2.45) is 0 Å². The van der Waals surface area contributed by atoms with Gasteiger partial charge >= 0.3 is 0 Å². The Morgan fingerprint density at radius 2 is 2.36 bits per heavy atom. The van der Waals surface area contributed by atoms with Crippen LogP contribution in [-0.4, -0.2) is 28.0 Å². The zero-order chi connectivity index (χ0) is 10.6. The Morgan fingerprint density at radius 1 is 1.64 bits per heavy atom. The third-order valence-corrected chi connectivity index (χ3v) is 3.70. The Bertz CT molecular complexity index is 199. The Kier molecular flexibility index (Phi) is 4.89. The summed E-state index contributed by atoms with van der Waals surface area (Å²) in [7, 11) is 0. The van der Waals surface area contributed by atoms with Crippen LogP contribution in [-0.2, 0) is 4.79 Å². The van der Waals surface area contributed by atoms with E-state index in [0.717, 1.165) is 25.7 Å². The molecule has 0 heterocycles. The Labute approximate surface area is 93.4 Å². The van der Waals surface area contributed by atoms with Gasteiger partial charge in [-0.2, -0.15) is 0 Å². The Hall–Kier alpha value is -0.0900. The molecule has 0 spiro atoms. The van der Waals surface area contributed by atoms with Gasteiger partial charge in [0, 0.05) is 6.04 Å². The summed E-state index contributed by atoms with van der Waals surface area (Å²) in [5.74, 6) is 0.0478. The molecule has 3 atom stereocenters. The maximum Gasteiger partial charge on any atom is 0.233 e. The molecule has 0 aromatic heterocycles. The third kappa shape index (κ3) is 3.58. The average molecular weight is 264 g/mol. The maximum atomic E-state index is 11.5. The standard InChI is InChI=1S/C10H18BrNO2/c1-2-9(11)10(14)12-7-4-3-5-8(13)6-7/h7-9,13H,2-6H2,1H3,(H,12,14). The molecule has 2 N–H and O–H groups in total.